The second-order valence-corrected chi connectivity index (χ2v) is 2.86. The number of rotatable bonds is 1. The maximum Gasteiger partial charge on any atom is 0 e. The molecule has 0 amide bonds. The zero-order chi connectivity index (χ0) is 9.10. The van der Waals surface area contributed by atoms with E-state index in [0.29, 0.717) is 0 Å². The van der Waals surface area contributed by atoms with Crippen LogP contribution in [-0.2, 0) is 20.4 Å². The molecule has 0 saturated carbocycles. The van der Waals surface area contributed by atoms with Crippen LogP contribution in [0, 0.1) is 6.07 Å². The Kier molecular flexibility index (Phi) is 3.88. The number of anilines is 1. The smallest absolute Gasteiger partial charge is 0 e. The first-order valence-corrected chi connectivity index (χ1v) is 4.19. The molecule has 0 fully saturated rings. The summed E-state index contributed by atoms with van der Waals surface area (Å²) in [6.45, 7) is 0. The minimum Gasteiger partial charge on any atom is -0.406 e. The second kappa shape index (κ2) is 4.95. The van der Waals surface area contributed by atoms with Gasteiger partial charge in [-0.2, -0.15) is 0 Å². The molecule has 0 unspecified atom stereocenters. The van der Waals surface area contributed by atoms with Crippen LogP contribution in [0.4, 0.5) is 5.69 Å². The van der Waals surface area contributed by atoms with Crippen LogP contribution >= 0.6 is 0 Å². The van der Waals surface area contributed by atoms with Gasteiger partial charge in [0, 0.05) is 20.4 Å². The Morgan fingerprint density at radius 3 is 2.29 bits per heavy atom. The Balaban J connectivity index is 0.000000980. The van der Waals surface area contributed by atoms with Gasteiger partial charge in [-0.15, -0.1) is 35.9 Å². The number of para-hydroxylation sites is 1. The summed E-state index contributed by atoms with van der Waals surface area (Å²) in [6, 6.07) is 18.8. The molecule has 0 aromatic heterocycles. The van der Waals surface area contributed by atoms with Crippen molar-refractivity contribution in [2.24, 2.45) is 0 Å². The Labute approximate surface area is 97.6 Å². The van der Waals surface area contributed by atoms with Gasteiger partial charge in [0.1, 0.15) is 0 Å². The molecule has 2 N–H and O–H groups in total. The molecule has 0 heterocycles. The van der Waals surface area contributed by atoms with Crippen LogP contribution < -0.4 is 5.73 Å². The van der Waals surface area contributed by atoms with Crippen molar-refractivity contribution in [1.82, 2.24) is 0 Å². The minimum absolute atomic E-state index is 0. The predicted octanol–water partition coefficient (Wildman–Crippen LogP) is 2.73. The van der Waals surface area contributed by atoms with Gasteiger partial charge in [0.15, 0.2) is 0 Å². The fourth-order valence-corrected chi connectivity index (χ4v) is 1.30. The summed E-state index contributed by atoms with van der Waals surface area (Å²) in [6.07, 6.45) is 0. The van der Waals surface area contributed by atoms with E-state index in [1.165, 1.54) is 0 Å². The second-order valence-electron chi connectivity index (χ2n) is 2.86. The van der Waals surface area contributed by atoms with Crippen LogP contribution in [0.1, 0.15) is 0 Å². The van der Waals surface area contributed by atoms with E-state index in [1.54, 1.807) is 0 Å². The summed E-state index contributed by atoms with van der Waals surface area (Å²) in [4.78, 5) is 0. The van der Waals surface area contributed by atoms with Crippen molar-refractivity contribution in [3.8, 4) is 11.1 Å². The average Bonchev–Trinajstić information content (AvgIpc) is 2.20. The molecular formula is C12H10NPd-. The van der Waals surface area contributed by atoms with Crippen molar-refractivity contribution in [3.63, 3.8) is 0 Å². The number of benzene rings is 2. The largest absolute Gasteiger partial charge is 0.406 e. The average molecular weight is 275 g/mol. The molecule has 2 aromatic carbocycles. The summed E-state index contributed by atoms with van der Waals surface area (Å²) in [7, 11) is 0. The van der Waals surface area contributed by atoms with Gasteiger partial charge >= 0.3 is 0 Å². The molecule has 1 nitrogen and oxygen atoms in total. The molecule has 74 valence electrons. The number of hydrogen-bond acceptors (Lipinski definition) is 1. The number of hydrogen-bond donors (Lipinski definition) is 1. The first-order chi connectivity index (χ1) is 6.38. The van der Waals surface area contributed by atoms with Gasteiger partial charge < -0.3 is 5.73 Å². The van der Waals surface area contributed by atoms with Gasteiger partial charge in [0.05, 0.1) is 0 Å². The first-order valence-electron chi connectivity index (χ1n) is 4.19. The van der Waals surface area contributed by atoms with Crippen molar-refractivity contribution < 1.29 is 20.4 Å². The van der Waals surface area contributed by atoms with Gasteiger partial charge in [-0.1, -0.05) is 23.8 Å². The molecule has 2 heteroatoms. The van der Waals surface area contributed by atoms with Crippen LogP contribution in [0.25, 0.3) is 11.1 Å². The summed E-state index contributed by atoms with van der Waals surface area (Å²) in [5, 5.41) is 0. The fourth-order valence-electron chi connectivity index (χ4n) is 1.30. The molecule has 0 aliphatic carbocycles. The van der Waals surface area contributed by atoms with Crippen LogP contribution in [0.15, 0.2) is 48.5 Å². The van der Waals surface area contributed by atoms with Crippen molar-refractivity contribution in [1.29, 1.82) is 0 Å². The Morgan fingerprint density at radius 1 is 0.929 bits per heavy atom. The molecule has 0 aliphatic rings. The van der Waals surface area contributed by atoms with E-state index >= 15 is 0 Å². The van der Waals surface area contributed by atoms with E-state index in [0.717, 1.165) is 16.8 Å². The van der Waals surface area contributed by atoms with Crippen LogP contribution in [0.2, 0.25) is 0 Å². The molecule has 2 rings (SSSR count). The van der Waals surface area contributed by atoms with Crippen LogP contribution in [0.5, 0.6) is 0 Å². The standard InChI is InChI=1S/C12H10N.Pd/c13-12-9-5-4-8-11(12)10-6-2-1-3-7-10;/h1-6,8-9H,13H2;/q-1;. The van der Waals surface area contributed by atoms with Gasteiger partial charge in [0.2, 0.25) is 0 Å². The van der Waals surface area contributed by atoms with Crippen molar-refractivity contribution in [3.05, 3.63) is 54.6 Å². The number of nitrogens with two attached hydrogens (primary N) is 1. The minimum atomic E-state index is 0. The first kappa shape index (κ1) is 11.0. The van der Waals surface area contributed by atoms with Crippen LogP contribution in [0.3, 0.4) is 0 Å². The number of nitrogen functional groups attached to an aromatic ring is 1. The maximum atomic E-state index is 5.83. The van der Waals surface area contributed by atoms with Crippen molar-refractivity contribution >= 4 is 5.69 Å². The normalized spacial score (nSPS) is 9.14. The quantitative estimate of drug-likeness (QED) is 0.483. The summed E-state index contributed by atoms with van der Waals surface area (Å²) >= 11 is 0. The summed E-state index contributed by atoms with van der Waals surface area (Å²) < 4.78 is 0. The summed E-state index contributed by atoms with van der Waals surface area (Å²) in [5.74, 6) is 0. The Bertz CT molecular complexity index is 398. The topological polar surface area (TPSA) is 26.0 Å². The molecule has 0 atom stereocenters. The zero-order valence-electron chi connectivity index (χ0n) is 7.51. The van der Waals surface area contributed by atoms with Gasteiger partial charge in [-0.05, 0) is 11.8 Å². The summed E-state index contributed by atoms with van der Waals surface area (Å²) in [5.41, 5.74) is 8.72. The van der Waals surface area contributed by atoms with E-state index in [-0.39, 0.29) is 20.4 Å². The third-order valence-electron chi connectivity index (χ3n) is 1.96. The predicted molar refractivity (Wildman–Crippen MR) is 55.1 cm³/mol. The van der Waals surface area contributed by atoms with E-state index in [9.17, 15) is 0 Å². The van der Waals surface area contributed by atoms with E-state index in [2.05, 4.69) is 6.07 Å². The Morgan fingerprint density at radius 2 is 1.64 bits per heavy atom. The maximum absolute atomic E-state index is 5.83. The van der Waals surface area contributed by atoms with Gasteiger partial charge in [0.25, 0.3) is 0 Å². The van der Waals surface area contributed by atoms with E-state index in [1.807, 2.05) is 48.5 Å². The third kappa shape index (κ3) is 2.23. The third-order valence-corrected chi connectivity index (χ3v) is 1.96. The molecule has 0 bridgehead atoms. The molecule has 14 heavy (non-hydrogen) atoms. The van der Waals surface area contributed by atoms with Gasteiger partial charge in [-0.25, -0.2) is 0 Å². The molecule has 0 aliphatic heterocycles. The zero-order valence-corrected chi connectivity index (χ0v) is 9.07. The molecule has 0 radical (unpaired) electrons. The monoisotopic (exact) mass is 274 g/mol. The molecule has 2 aromatic rings. The van der Waals surface area contributed by atoms with Gasteiger partial charge in [-0.3, -0.25) is 0 Å². The van der Waals surface area contributed by atoms with E-state index in [4.69, 9.17) is 5.73 Å². The SMILES string of the molecule is Nc1ccccc1-c1[c-]cccc1.[Pd]. The van der Waals surface area contributed by atoms with Crippen molar-refractivity contribution in [2.45, 2.75) is 0 Å². The molecule has 0 spiro atoms. The van der Waals surface area contributed by atoms with Crippen molar-refractivity contribution in [2.75, 3.05) is 5.73 Å². The Hall–Kier alpha value is -1.10. The molecular weight excluding hydrogens is 265 g/mol. The van der Waals surface area contributed by atoms with Crippen LogP contribution in [-0.4, -0.2) is 0 Å². The molecule has 0 saturated heterocycles. The fraction of sp³-hybridized carbons (Fsp3) is 0. The van der Waals surface area contributed by atoms with E-state index < -0.39 is 0 Å².